The first-order chi connectivity index (χ1) is 5.34. The molecule has 0 bridgehead atoms. The molecule has 64 valence electrons. The Morgan fingerprint density at radius 1 is 1.27 bits per heavy atom. The van der Waals surface area contributed by atoms with E-state index in [2.05, 4.69) is 17.5 Å². The number of nitrogens with two attached hydrogens (primary N) is 1. The van der Waals surface area contributed by atoms with Crippen LogP contribution in [0.15, 0.2) is 12.2 Å². The van der Waals surface area contributed by atoms with Gasteiger partial charge in [-0.3, -0.25) is 0 Å². The lowest BCUT2D eigenvalue weighted by atomic mass is 9.97. The van der Waals surface area contributed by atoms with E-state index in [9.17, 15) is 0 Å². The molecule has 0 aromatic heterocycles. The van der Waals surface area contributed by atoms with Crippen LogP contribution in [-0.4, -0.2) is 19.1 Å². The van der Waals surface area contributed by atoms with Crippen LogP contribution < -0.4 is 11.1 Å². The molecule has 0 fully saturated rings. The van der Waals surface area contributed by atoms with Gasteiger partial charge < -0.3 is 11.1 Å². The Balaban J connectivity index is 2.43. The highest BCUT2D eigenvalue weighted by atomic mass is 14.9. The Bertz CT molecular complexity index is 132. The third-order valence-corrected chi connectivity index (χ3v) is 2.37. The van der Waals surface area contributed by atoms with Crippen molar-refractivity contribution in [2.24, 2.45) is 5.73 Å². The molecule has 2 heteroatoms. The first-order valence-electron chi connectivity index (χ1n) is 4.42. The fraction of sp³-hybridized carbons (Fsp3) is 0.778. The minimum atomic E-state index is 0.338. The number of hydrogen-bond acceptors (Lipinski definition) is 2. The van der Waals surface area contributed by atoms with E-state index < -0.39 is 0 Å². The Morgan fingerprint density at radius 2 is 1.91 bits per heavy atom. The molecule has 11 heavy (non-hydrogen) atoms. The van der Waals surface area contributed by atoms with Gasteiger partial charge in [0.2, 0.25) is 0 Å². The van der Waals surface area contributed by atoms with Crippen molar-refractivity contribution < 1.29 is 0 Å². The van der Waals surface area contributed by atoms with E-state index in [1.54, 1.807) is 0 Å². The van der Waals surface area contributed by atoms with E-state index in [0.717, 1.165) is 12.8 Å². The van der Waals surface area contributed by atoms with Crippen molar-refractivity contribution in [2.45, 2.75) is 37.8 Å². The van der Waals surface area contributed by atoms with Gasteiger partial charge >= 0.3 is 0 Å². The van der Waals surface area contributed by atoms with Gasteiger partial charge in [0.25, 0.3) is 0 Å². The second-order valence-electron chi connectivity index (χ2n) is 3.19. The van der Waals surface area contributed by atoms with Crippen LogP contribution in [0.25, 0.3) is 0 Å². The predicted molar refractivity (Wildman–Crippen MR) is 48.4 cm³/mol. The summed E-state index contributed by atoms with van der Waals surface area (Å²) >= 11 is 0. The van der Waals surface area contributed by atoms with Gasteiger partial charge in [-0.15, -0.1) is 0 Å². The quantitative estimate of drug-likeness (QED) is 0.554. The number of hydrogen-bond donors (Lipinski definition) is 2. The Morgan fingerprint density at radius 3 is 2.55 bits per heavy atom. The molecule has 0 spiro atoms. The van der Waals surface area contributed by atoms with Crippen molar-refractivity contribution in [1.29, 1.82) is 0 Å². The molecule has 1 rings (SSSR count). The fourth-order valence-electron chi connectivity index (χ4n) is 1.57. The fourth-order valence-corrected chi connectivity index (χ4v) is 1.57. The van der Waals surface area contributed by atoms with Gasteiger partial charge in [-0.05, 0) is 32.7 Å². The van der Waals surface area contributed by atoms with Crippen molar-refractivity contribution >= 4 is 0 Å². The zero-order valence-electron chi connectivity index (χ0n) is 7.22. The average Bonchev–Trinajstić information content (AvgIpc) is 1.98. The maximum atomic E-state index is 5.96. The molecule has 0 heterocycles. The molecular weight excluding hydrogens is 136 g/mol. The molecule has 0 radical (unpaired) electrons. The summed E-state index contributed by atoms with van der Waals surface area (Å²) in [7, 11) is 2.00. The van der Waals surface area contributed by atoms with Gasteiger partial charge in [0, 0.05) is 12.1 Å². The van der Waals surface area contributed by atoms with Crippen LogP contribution in [0, 0.1) is 0 Å². The molecule has 0 amide bonds. The lowest BCUT2D eigenvalue weighted by Crippen LogP contribution is -2.43. The van der Waals surface area contributed by atoms with E-state index in [1.165, 1.54) is 12.8 Å². The van der Waals surface area contributed by atoms with E-state index in [1.807, 2.05) is 7.05 Å². The zero-order valence-corrected chi connectivity index (χ0v) is 7.22. The Hall–Kier alpha value is -0.340. The zero-order chi connectivity index (χ0) is 8.10. The maximum absolute atomic E-state index is 5.96. The number of nitrogens with one attached hydrogen (secondary N) is 1. The number of likely N-dealkylation sites (N-methyl/N-ethyl adjacent to an activating group) is 1. The Labute approximate surface area is 68.9 Å². The maximum Gasteiger partial charge on any atom is 0.0219 e. The lowest BCUT2D eigenvalue weighted by molar-refractivity contribution is 0.413. The first kappa shape index (κ1) is 8.75. The standard InChI is InChI=1S/C9H18N2/c1-11-9-7-5-3-2-4-6-8(9)10/h2-3,8-9,11H,4-7,10H2,1H3. The largest absolute Gasteiger partial charge is 0.326 e. The monoisotopic (exact) mass is 154 g/mol. The number of allylic oxidation sites excluding steroid dienone is 2. The van der Waals surface area contributed by atoms with Gasteiger partial charge in [0.1, 0.15) is 0 Å². The molecule has 0 saturated heterocycles. The molecule has 0 aromatic rings. The van der Waals surface area contributed by atoms with E-state index in [4.69, 9.17) is 5.73 Å². The summed E-state index contributed by atoms with van der Waals surface area (Å²) in [6.45, 7) is 0. The van der Waals surface area contributed by atoms with Crippen LogP contribution in [0.1, 0.15) is 25.7 Å². The van der Waals surface area contributed by atoms with Gasteiger partial charge in [-0.1, -0.05) is 12.2 Å². The Kier molecular flexibility index (Phi) is 3.60. The number of rotatable bonds is 1. The molecule has 2 atom stereocenters. The van der Waals surface area contributed by atoms with E-state index in [0.29, 0.717) is 12.1 Å². The molecule has 1 aliphatic rings. The van der Waals surface area contributed by atoms with Crippen molar-refractivity contribution in [3.63, 3.8) is 0 Å². The molecule has 0 aromatic carbocycles. The molecule has 3 N–H and O–H groups in total. The molecule has 0 aliphatic heterocycles. The predicted octanol–water partition coefficient (Wildman–Crippen LogP) is 1.03. The first-order valence-corrected chi connectivity index (χ1v) is 4.42. The van der Waals surface area contributed by atoms with Crippen molar-refractivity contribution in [3.8, 4) is 0 Å². The second-order valence-corrected chi connectivity index (χ2v) is 3.19. The highest BCUT2D eigenvalue weighted by molar-refractivity contribution is 4.91. The van der Waals surface area contributed by atoms with E-state index in [-0.39, 0.29) is 0 Å². The van der Waals surface area contributed by atoms with Crippen LogP contribution in [0.3, 0.4) is 0 Å². The summed E-state index contributed by atoms with van der Waals surface area (Å²) in [5.74, 6) is 0. The summed E-state index contributed by atoms with van der Waals surface area (Å²) in [5, 5.41) is 3.26. The highest BCUT2D eigenvalue weighted by Crippen LogP contribution is 2.10. The third-order valence-electron chi connectivity index (χ3n) is 2.37. The minimum absolute atomic E-state index is 0.338. The molecular formula is C9H18N2. The average molecular weight is 154 g/mol. The van der Waals surface area contributed by atoms with Crippen LogP contribution >= 0.6 is 0 Å². The normalized spacial score (nSPS) is 32.9. The topological polar surface area (TPSA) is 38.0 Å². The van der Waals surface area contributed by atoms with Crippen molar-refractivity contribution in [3.05, 3.63) is 12.2 Å². The van der Waals surface area contributed by atoms with Gasteiger partial charge in [0.05, 0.1) is 0 Å². The van der Waals surface area contributed by atoms with E-state index >= 15 is 0 Å². The summed E-state index contributed by atoms with van der Waals surface area (Å²) in [4.78, 5) is 0. The van der Waals surface area contributed by atoms with Gasteiger partial charge in [-0.2, -0.15) is 0 Å². The minimum Gasteiger partial charge on any atom is -0.326 e. The lowest BCUT2D eigenvalue weighted by Gasteiger charge is -2.23. The highest BCUT2D eigenvalue weighted by Gasteiger charge is 2.14. The van der Waals surface area contributed by atoms with Crippen molar-refractivity contribution in [2.75, 3.05) is 7.05 Å². The van der Waals surface area contributed by atoms with Crippen LogP contribution in [0.4, 0.5) is 0 Å². The third kappa shape index (κ3) is 2.64. The molecule has 1 aliphatic carbocycles. The summed E-state index contributed by atoms with van der Waals surface area (Å²) in [6.07, 6.45) is 9.09. The summed E-state index contributed by atoms with van der Waals surface area (Å²) in [5.41, 5.74) is 5.96. The van der Waals surface area contributed by atoms with Crippen LogP contribution in [0.5, 0.6) is 0 Å². The SMILES string of the molecule is CNC1CCC=CCCC1N. The summed E-state index contributed by atoms with van der Waals surface area (Å²) in [6, 6.07) is 0.852. The summed E-state index contributed by atoms with van der Waals surface area (Å²) < 4.78 is 0. The van der Waals surface area contributed by atoms with Gasteiger partial charge in [0.15, 0.2) is 0 Å². The van der Waals surface area contributed by atoms with Crippen LogP contribution in [0.2, 0.25) is 0 Å². The smallest absolute Gasteiger partial charge is 0.0219 e. The molecule has 2 unspecified atom stereocenters. The second kappa shape index (κ2) is 4.52. The van der Waals surface area contributed by atoms with Crippen LogP contribution in [-0.2, 0) is 0 Å². The van der Waals surface area contributed by atoms with Gasteiger partial charge in [-0.25, -0.2) is 0 Å². The molecule has 0 saturated carbocycles. The molecule has 2 nitrogen and oxygen atoms in total. The van der Waals surface area contributed by atoms with Crippen molar-refractivity contribution in [1.82, 2.24) is 5.32 Å².